The highest BCUT2D eigenvalue weighted by Gasteiger charge is 2.20. The van der Waals surface area contributed by atoms with Gasteiger partial charge in [-0.15, -0.1) is 0 Å². The van der Waals surface area contributed by atoms with Crippen molar-refractivity contribution >= 4 is 0 Å². The second kappa shape index (κ2) is 6.30. The predicted octanol–water partition coefficient (Wildman–Crippen LogP) is 2.92. The molecule has 0 spiro atoms. The molecule has 0 aliphatic heterocycles. The maximum absolute atomic E-state index is 13.8. The summed E-state index contributed by atoms with van der Waals surface area (Å²) in [7, 11) is 4.02. The van der Waals surface area contributed by atoms with Crippen LogP contribution in [0.3, 0.4) is 0 Å². The molecule has 100 valence electrons. The van der Waals surface area contributed by atoms with Gasteiger partial charge in [-0.25, -0.2) is 4.39 Å². The van der Waals surface area contributed by atoms with Crippen molar-refractivity contribution in [3.8, 4) is 0 Å². The zero-order chi connectivity index (χ0) is 13.0. The zero-order valence-corrected chi connectivity index (χ0v) is 11.4. The van der Waals surface area contributed by atoms with Crippen molar-refractivity contribution in [2.75, 3.05) is 14.1 Å². The van der Waals surface area contributed by atoms with E-state index >= 15 is 0 Å². The monoisotopic (exact) mass is 250 g/mol. The summed E-state index contributed by atoms with van der Waals surface area (Å²) in [5.41, 5.74) is 1.96. The van der Waals surface area contributed by atoms with Gasteiger partial charge in [0.2, 0.25) is 0 Å². The number of rotatable bonds is 5. The van der Waals surface area contributed by atoms with Crippen LogP contribution in [0.1, 0.15) is 36.8 Å². The first-order valence-corrected chi connectivity index (χ1v) is 6.83. The Balaban J connectivity index is 2.04. The molecule has 0 unspecified atom stereocenters. The lowest BCUT2D eigenvalue weighted by Crippen LogP contribution is -2.29. The molecule has 18 heavy (non-hydrogen) atoms. The highest BCUT2D eigenvalue weighted by molar-refractivity contribution is 5.25. The molecule has 3 heteroatoms. The molecule has 1 fully saturated rings. The number of nitrogens with one attached hydrogen (secondary N) is 1. The highest BCUT2D eigenvalue weighted by Crippen LogP contribution is 2.24. The van der Waals surface area contributed by atoms with Gasteiger partial charge in [-0.2, -0.15) is 0 Å². The topological polar surface area (TPSA) is 15.3 Å². The van der Waals surface area contributed by atoms with E-state index < -0.39 is 0 Å². The van der Waals surface area contributed by atoms with Gasteiger partial charge in [0.1, 0.15) is 5.82 Å². The van der Waals surface area contributed by atoms with E-state index in [1.165, 1.54) is 25.7 Å². The van der Waals surface area contributed by atoms with E-state index in [9.17, 15) is 4.39 Å². The minimum absolute atomic E-state index is 0.0836. The first kappa shape index (κ1) is 13.5. The molecular formula is C15H23FN2. The van der Waals surface area contributed by atoms with Gasteiger partial charge < -0.3 is 5.32 Å². The third-order valence-corrected chi connectivity index (χ3v) is 3.86. The van der Waals surface area contributed by atoms with Crippen molar-refractivity contribution < 1.29 is 4.39 Å². The van der Waals surface area contributed by atoms with E-state index in [-0.39, 0.29) is 5.82 Å². The molecule has 1 aliphatic rings. The van der Waals surface area contributed by atoms with Gasteiger partial charge in [-0.1, -0.05) is 25.0 Å². The van der Waals surface area contributed by atoms with Gasteiger partial charge >= 0.3 is 0 Å². The Bertz CT molecular complexity index is 386. The number of halogens is 1. The number of benzene rings is 1. The number of nitrogens with zero attached hydrogens (tertiary/aromatic N) is 1. The van der Waals surface area contributed by atoms with Gasteiger partial charge in [-0.3, -0.25) is 4.90 Å². The molecule has 0 aromatic heterocycles. The smallest absolute Gasteiger partial charge is 0.127 e. The van der Waals surface area contributed by atoms with Crippen LogP contribution >= 0.6 is 0 Å². The minimum atomic E-state index is -0.0836. The van der Waals surface area contributed by atoms with E-state index in [0.29, 0.717) is 12.6 Å². The number of hydrogen-bond donors (Lipinski definition) is 1. The first-order valence-electron chi connectivity index (χ1n) is 6.83. The fourth-order valence-electron chi connectivity index (χ4n) is 2.81. The fourth-order valence-corrected chi connectivity index (χ4v) is 2.81. The summed E-state index contributed by atoms with van der Waals surface area (Å²) >= 11 is 0. The van der Waals surface area contributed by atoms with Crippen LogP contribution in [0.5, 0.6) is 0 Å². The summed E-state index contributed by atoms with van der Waals surface area (Å²) in [6.07, 6.45) is 5.15. The van der Waals surface area contributed by atoms with Crippen LogP contribution in [-0.4, -0.2) is 25.0 Å². The van der Waals surface area contributed by atoms with Gasteiger partial charge in [0.25, 0.3) is 0 Å². The lowest BCUT2D eigenvalue weighted by atomic mass is 10.1. The molecule has 0 bridgehead atoms. The fraction of sp³-hybridized carbons (Fsp3) is 0.600. The Morgan fingerprint density at radius 1 is 1.33 bits per heavy atom. The maximum Gasteiger partial charge on any atom is 0.127 e. The van der Waals surface area contributed by atoms with Crippen molar-refractivity contribution in [2.24, 2.45) is 0 Å². The molecule has 1 aromatic carbocycles. The Morgan fingerprint density at radius 2 is 2.06 bits per heavy atom. The SMILES string of the molecule is CNCc1ccc(F)c(CN(C)C2CCCC2)c1. The van der Waals surface area contributed by atoms with Crippen molar-refractivity contribution in [3.63, 3.8) is 0 Å². The molecule has 2 nitrogen and oxygen atoms in total. The Hall–Kier alpha value is -0.930. The minimum Gasteiger partial charge on any atom is -0.316 e. The second-order valence-corrected chi connectivity index (χ2v) is 5.31. The van der Waals surface area contributed by atoms with Gasteiger partial charge in [0.05, 0.1) is 0 Å². The van der Waals surface area contributed by atoms with Crippen LogP contribution in [0, 0.1) is 5.82 Å². The van der Waals surface area contributed by atoms with Gasteiger partial charge in [0.15, 0.2) is 0 Å². The van der Waals surface area contributed by atoms with Crippen LogP contribution in [0.2, 0.25) is 0 Å². The molecule has 1 N–H and O–H groups in total. The quantitative estimate of drug-likeness (QED) is 0.864. The third-order valence-electron chi connectivity index (χ3n) is 3.86. The lowest BCUT2D eigenvalue weighted by molar-refractivity contribution is 0.234. The molecule has 0 atom stereocenters. The molecule has 0 radical (unpaired) electrons. The maximum atomic E-state index is 13.8. The Morgan fingerprint density at radius 3 is 2.72 bits per heavy atom. The summed E-state index contributed by atoms with van der Waals surface area (Å²) < 4.78 is 13.8. The number of hydrogen-bond acceptors (Lipinski definition) is 2. The van der Waals surface area contributed by atoms with Crippen molar-refractivity contribution in [2.45, 2.75) is 44.8 Å². The van der Waals surface area contributed by atoms with E-state index in [1.807, 2.05) is 19.2 Å². The molecule has 0 heterocycles. The van der Waals surface area contributed by atoms with Crippen LogP contribution in [0.4, 0.5) is 4.39 Å². The molecule has 1 aliphatic carbocycles. The molecule has 2 rings (SSSR count). The standard InChI is InChI=1S/C15H23FN2/c1-17-10-12-7-8-15(16)13(9-12)11-18(2)14-5-3-4-6-14/h7-9,14,17H,3-6,10-11H2,1-2H3. The average molecular weight is 250 g/mol. The van der Waals surface area contributed by atoms with E-state index in [4.69, 9.17) is 0 Å². The molecule has 0 amide bonds. The van der Waals surface area contributed by atoms with Crippen molar-refractivity contribution in [1.82, 2.24) is 10.2 Å². The van der Waals surface area contributed by atoms with E-state index in [1.54, 1.807) is 6.07 Å². The normalized spacial score (nSPS) is 16.7. The summed E-state index contributed by atoms with van der Waals surface area (Å²) in [6.45, 7) is 1.51. The summed E-state index contributed by atoms with van der Waals surface area (Å²) in [4.78, 5) is 2.30. The Kier molecular flexibility index (Phi) is 4.72. The zero-order valence-electron chi connectivity index (χ0n) is 11.4. The van der Waals surface area contributed by atoms with Crippen LogP contribution in [-0.2, 0) is 13.1 Å². The second-order valence-electron chi connectivity index (χ2n) is 5.31. The molecule has 1 aromatic rings. The lowest BCUT2D eigenvalue weighted by Gasteiger charge is -2.24. The van der Waals surface area contributed by atoms with E-state index in [0.717, 1.165) is 17.7 Å². The van der Waals surface area contributed by atoms with Crippen LogP contribution in [0.15, 0.2) is 18.2 Å². The molecule has 0 saturated heterocycles. The van der Waals surface area contributed by atoms with Crippen LogP contribution in [0.25, 0.3) is 0 Å². The summed E-state index contributed by atoms with van der Waals surface area (Å²) in [6, 6.07) is 6.06. The Labute approximate surface area is 109 Å². The van der Waals surface area contributed by atoms with Crippen molar-refractivity contribution in [3.05, 3.63) is 35.1 Å². The van der Waals surface area contributed by atoms with Gasteiger partial charge in [0, 0.05) is 24.7 Å². The summed E-state index contributed by atoms with van der Waals surface area (Å²) in [5, 5.41) is 3.10. The first-order chi connectivity index (χ1) is 8.70. The summed E-state index contributed by atoms with van der Waals surface area (Å²) in [5.74, 6) is -0.0836. The highest BCUT2D eigenvalue weighted by atomic mass is 19.1. The van der Waals surface area contributed by atoms with Crippen molar-refractivity contribution in [1.29, 1.82) is 0 Å². The molecule has 1 saturated carbocycles. The van der Waals surface area contributed by atoms with Crippen LogP contribution < -0.4 is 5.32 Å². The average Bonchev–Trinajstić information content (AvgIpc) is 2.87. The van der Waals surface area contributed by atoms with E-state index in [2.05, 4.69) is 17.3 Å². The molecular weight excluding hydrogens is 227 g/mol. The predicted molar refractivity (Wildman–Crippen MR) is 72.9 cm³/mol. The van der Waals surface area contributed by atoms with Gasteiger partial charge in [-0.05, 0) is 38.6 Å². The third kappa shape index (κ3) is 3.30. The largest absolute Gasteiger partial charge is 0.316 e.